The molecular formula is C8H19NO2. The molecule has 0 saturated heterocycles. The predicted molar refractivity (Wildman–Crippen MR) is 45.7 cm³/mol. The molecule has 0 aliphatic rings. The molecule has 0 spiro atoms. The summed E-state index contributed by atoms with van der Waals surface area (Å²) in [5, 5.41) is 8.67. The second-order valence-corrected chi connectivity index (χ2v) is 2.66. The first-order valence-corrected chi connectivity index (χ1v) is 4.10. The highest BCUT2D eigenvalue weighted by Gasteiger charge is 2.05. The molecule has 11 heavy (non-hydrogen) atoms. The largest absolute Gasteiger partial charge is 0.395 e. The maximum atomic E-state index is 8.67. The van der Waals surface area contributed by atoms with Crippen molar-refractivity contribution in [2.75, 3.05) is 33.4 Å². The van der Waals surface area contributed by atoms with E-state index in [4.69, 9.17) is 9.84 Å². The number of ether oxygens (including phenoxy) is 1. The van der Waals surface area contributed by atoms with Gasteiger partial charge in [-0.2, -0.15) is 0 Å². The summed E-state index contributed by atoms with van der Waals surface area (Å²) in [5.74, 6) is 0. The van der Waals surface area contributed by atoms with Gasteiger partial charge in [-0.1, -0.05) is 6.92 Å². The van der Waals surface area contributed by atoms with Crippen LogP contribution in [0.4, 0.5) is 0 Å². The van der Waals surface area contributed by atoms with Crippen molar-refractivity contribution in [3.63, 3.8) is 0 Å². The predicted octanol–water partition coefficient (Wildman–Crippen LogP) is 0.335. The van der Waals surface area contributed by atoms with Gasteiger partial charge in [0.25, 0.3) is 0 Å². The van der Waals surface area contributed by atoms with Crippen molar-refractivity contribution >= 4 is 0 Å². The van der Waals surface area contributed by atoms with Crippen LogP contribution in [0, 0.1) is 0 Å². The van der Waals surface area contributed by atoms with E-state index < -0.39 is 0 Å². The molecule has 68 valence electrons. The summed E-state index contributed by atoms with van der Waals surface area (Å²) >= 11 is 0. The molecule has 0 aliphatic heterocycles. The zero-order valence-electron chi connectivity index (χ0n) is 7.71. The highest BCUT2D eigenvalue weighted by Crippen LogP contribution is 1.93. The van der Waals surface area contributed by atoms with Gasteiger partial charge in [0.05, 0.1) is 12.7 Å². The Bertz CT molecular complexity index is 88.2. The van der Waals surface area contributed by atoms with Crippen LogP contribution in [0.15, 0.2) is 0 Å². The Morgan fingerprint density at radius 2 is 2.18 bits per heavy atom. The van der Waals surface area contributed by atoms with E-state index in [2.05, 4.69) is 11.8 Å². The van der Waals surface area contributed by atoms with Crippen molar-refractivity contribution in [2.45, 2.75) is 20.0 Å². The van der Waals surface area contributed by atoms with Gasteiger partial charge in [0.1, 0.15) is 0 Å². The van der Waals surface area contributed by atoms with E-state index in [1.165, 1.54) is 0 Å². The standard InChI is InChI=1S/C8H19NO2/c1-4-9(5-6-10)7-8(2)11-3/h8,10H,4-7H2,1-3H3. The Balaban J connectivity index is 3.49. The number of hydrogen-bond acceptors (Lipinski definition) is 3. The first-order chi connectivity index (χ1) is 5.24. The van der Waals surface area contributed by atoms with Gasteiger partial charge >= 0.3 is 0 Å². The van der Waals surface area contributed by atoms with Gasteiger partial charge in [-0.3, -0.25) is 4.90 Å². The Morgan fingerprint density at radius 1 is 1.55 bits per heavy atom. The summed E-state index contributed by atoms with van der Waals surface area (Å²) in [6.07, 6.45) is 0.251. The molecule has 0 rings (SSSR count). The lowest BCUT2D eigenvalue weighted by Crippen LogP contribution is -2.33. The lowest BCUT2D eigenvalue weighted by molar-refractivity contribution is 0.0720. The van der Waals surface area contributed by atoms with Gasteiger partial charge in [0, 0.05) is 20.2 Å². The SMILES string of the molecule is CCN(CCO)CC(C)OC. The van der Waals surface area contributed by atoms with E-state index in [1.54, 1.807) is 7.11 Å². The molecular weight excluding hydrogens is 142 g/mol. The van der Waals surface area contributed by atoms with Crippen molar-refractivity contribution < 1.29 is 9.84 Å². The summed E-state index contributed by atoms with van der Waals surface area (Å²) in [5.41, 5.74) is 0. The molecule has 0 aromatic heterocycles. The highest BCUT2D eigenvalue weighted by atomic mass is 16.5. The number of hydrogen-bond donors (Lipinski definition) is 1. The highest BCUT2D eigenvalue weighted by molar-refractivity contribution is 4.59. The minimum Gasteiger partial charge on any atom is -0.395 e. The third-order valence-electron chi connectivity index (χ3n) is 1.78. The second kappa shape index (κ2) is 6.58. The molecule has 1 N–H and O–H groups in total. The normalized spacial score (nSPS) is 13.9. The molecule has 0 bridgehead atoms. The van der Waals surface area contributed by atoms with Crippen LogP contribution in [-0.2, 0) is 4.74 Å². The quantitative estimate of drug-likeness (QED) is 0.609. The summed E-state index contributed by atoms with van der Waals surface area (Å²) in [7, 11) is 1.71. The molecule has 0 fully saturated rings. The van der Waals surface area contributed by atoms with Crippen molar-refractivity contribution in [3.8, 4) is 0 Å². The maximum absolute atomic E-state index is 8.67. The van der Waals surface area contributed by atoms with Crippen LogP contribution in [0.3, 0.4) is 0 Å². The van der Waals surface area contributed by atoms with Gasteiger partial charge < -0.3 is 9.84 Å². The van der Waals surface area contributed by atoms with E-state index >= 15 is 0 Å². The molecule has 1 atom stereocenters. The Labute approximate surface area is 69.0 Å². The van der Waals surface area contributed by atoms with Crippen LogP contribution in [0.5, 0.6) is 0 Å². The number of methoxy groups -OCH3 is 1. The van der Waals surface area contributed by atoms with E-state index in [0.29, 0.717) is 0 Å². The zero-order chi connectivity index (χ0) is 8.69. The minimum absolute atomic E-state index is 0.226. The summed E-state index contributed by atoms with van der Waals surface area (Å²) in [6, 6.07) is 0. The number of aliphatic hydroxyl groups excluding tert-OH is 1. The van der Waals surface area contributed by atoms with Crippen LogP contribution in [-0.4, -0.2) is 49.5 Å². The summed E-state index contributed by atoms with van der Waals surface area (Å²) in [6.45, 7) is 6.94. The van der Waals surface area contributed by atoms with Crippen molar-refractivity contribution in [1.82, 2.24) is 4.90 Å². The van der Waals surface area contributed by atoms with Crippen LogP contribution in [0.1, 0.15) is 13.8 Å². The molecule has 0 heterocycles. The Hall–Kier alpha value is -0.120. The first-order valence-electron chi connectivity index (χ1n) is 4.10. The molecule has 0 aromatic carbocycles. The number of aliphatic hydroxyl groups is 1. The van der Waals surface area contributed by atoms with E-state index in [-0.39, 0.29) is 12.7 Å². The van der Waals surface area contributed by atoms with Crippen LogP contribution in [0.2, 0.25) is 0 Å². The summed E-state index contributed by atoms with van der Waals surface area (Å²) < 4.78 is 5.11. The Kier molecular flexibility index (Phi) is 6.51. The second-order valence-electron chi connectivity index (χ2n) is 2.66. The molecule has 0 saturated carbocycles. The van der Waals surface area contributed by atoms with E-state index in [1.807, 2.05) is 6.92 Å². The lowest BCUT2D eigenvalue weighted by atomic mass is 10.3. The van der Waals surface area contributed by atoms with Gasteiger partial charge in [0.15, 0.2) is 0 Å². The first kappa shape index (κ1) is 10.9. The van der Waals surface area contributed by atoms with Crippen molar-refractivity contribution in [3.05, 3.63) is 0 Å². The molecule has 3 heteroatoms. The fourth-order valence-electron chi connectivity index (χ4n) is 0.958. The lowest BCUT2D eigenvalue weighted by Gasteiger charge is -2.22. The van der Waals surface area contributed by atoms with Crippen molar-refractivity contribution in [1.29, 1.82) is 0 Å². The number of nitrogens with zero attached hydrogens (tertiary/aromatic N) is 1. The number of rotatable bonds is 6. The fourth-order valence-corrected chi connectivity index (χ4v) is 0.958. The van der Waals surface area contributed by atoms with E-state index in [0.717, 1.165) is 19.6 Å². The molecule has 0 amide bonds. The van der Waals surface area contributed by atoms with Crippen LogP contribution < -0.4 is 0 Å². The van der Waals surface area contributed by atoms with Crippen LogP contribution >= 0.6 is 0 Å². The van der Waals surface area contributed by atoms with Gasteiger partial charge in [-0.15, -0.1) is 0 Å². The molecule has 3 nitrogen and oxygen atoms in total. The van der Waals surface area contributed by atoms with Gasteiger partial charge in [-0.05, 0) is 13.5 Å². The molecule has 0 aromatic rings. The Morgan fingerprint density at radius 3 is 2.55 bits per heavy atom. The van der Waals surface area contributed by atoms with Gasteiger partial charge in [0.2, 0.25) is 0 Å². The average molecular weight is 161 g/mol. The van der Waals surface area contributed by atoms with E-state index in [9.17, 15) is 0 Å². The fraction of sp³-hybridized carbons (Fsp3) is 1.00. The zero-order valence-corrected chi connectivity index (χ0v) is 7.71. The monoisotopic (exact) mass is 161 g/mol. The number of likely N-dealkylation sites (N-methyl/N-ethyl adjacent to an activating group) is 1. The van der Waals surface area contributed by atoms with Crippen molar-refractivity contribution in [2.24, 2.45) is 0 Å². The molecule has 1 unspecified atom stereocenters. The smallest absolute Gasteiger partial charge is 0.0670 e. The minimum atomic E-state index is 0.226. The molecule has 0 aliphatic carbocycles. The van der Waals surface area contributed by atoms with Gasteiger partial charge in [-0.25, -0.2) is 0 Å². The third-order valence-corrected chi connectivity index (χ3v) is 1.78. The molecule has 0 radical (unpaired) electrons. The average Bonchev–Trinajstić information content (AvgIpc) is 2.03. The third kappa shape index (κ3) is 5.18. The maximum Gasteiger partial charge on any atom is 0.0670 e. The van der Waals surface area contributed by atoms with Crippen LogP contribution in [0.25, 0.3) is 0 Å². The topological polar surface area (TPSA) is 32.7 Å². The summed E-state index contributed by atoms with van der Waals surface area (Å²) in [4.78, 5) is 2.16.